The zero-order valence-corrected chi connectivity index (χ0v) is 9.39. The molecule has 1 aliphatic carbocycles. The van der Waals surface area contributed by atoms with Gasteiger partial charge in [-0.25, -0.2) is 0 Å². The molecular formula is C9H19O3P. The van der Waals surface area contributed by atoms with Gasteiger partial charge in [-0.1, -0.05) is 12.8 Å². The minimum Gasteiger partial charge on any atom is -0.309 e. The van der Waals surface area contributed by atoms with Crippen LogP contribution in [0.1, 0.15) is 33.1 Å². The Morgan fingerprint density at radius 2 is 1.77 bits per heavy atom. The molecule has 0 bridgehead atoms. The summed E-state index contributed by atoms with van der Waals surface area (Å²) < 4.78 is 22.3. The van der Waals surface area contributed by atoms with Crippen molar-refractivity contribution in [3.63, 3.8) is 0 Å². The van der Waals surface area contributed by atoms with Crippen LogP contribution in [0, 0.1) is 5.92 Å². The minimum absolute atomic E-state index is 0.474. The summed E-state index contributed by atoms with van der Waals surface area (Å²) in [5.74, 6) is 0.786. The van der Waals surface area contributed by atoms with E-state index < -0.39 is 7.60 Å². The van der Waals surface area contributed by atoms with Crippen LogP contribution in [-0.2, 0) is 13.6 Å². The normalized spacial score (nSPS) is 17.7. The van der Waals surface area contributed by atoms with Crippen molar-refractivity contribution in [2.24, 2.45) is 5.92 Å². The van der Waals surface area contributed by atoms with Crippen LogP contribution < -0.4 is 0 Å². The molecule has 0 saturated heterocycles. The standard InChI is InChI=1S/C9H19O3P/c1-3-11-13(10,12-4-2)8-7-9-5-6-9/h9H,3-8H2,1-2H3. The van der Waals surface area contributed by atoms with Gasteiger partial charge in [-0.15, -0.1) is 0 Å². The molecule has 0 unspecified atom stereocenters. The fourth-order valence-corrected chi connectivity index (χ4v) is 3.11. The highest BCUT2D eigenvalue weighted by molar-refractivity contribution is 7.53. The first-order valence-corrected chi connectivity index (χ1v) is 6.81. The first kappa shape index (κ1) is 11.2. The molecule has 0 aromatic heterocycles. The van der Waals surface area contributed by atoms with Gasteiger partial charge >= 0.3 is 7.60 Å². The average Bonchev–Trinajstić information content (AvgIpc) is 2.85. The maximum absolute atomic E-state index is 11.9. The van der Waals surface area contributed by atoms with Crippen LogP contribution in [0.4, 0.5) is 0 Å². The molecule has 0 aromatic rings. The van der Waals surface area contributed by atoms with Crippen molar-refractivity contribution in [2.75, 3.05) is 19.4 Å². The van der Waals surface area contributed by atoms with Gasteiger partial charge in [0.05, 0.1) is 19.4 Å². The largest absolute Gasteiger partial charge is 0.330 e. The Balaban J connectivity index is 2.29. The molecule has 0 N–H and O–H groups in total. The third kappa shape index (κ3) is 4.26. The van der Waals surface area contributed by atoms with Crippen LogP contribution in [0.25, 0.3) is 0 Å². The molecule has 0 heterocycles. The fourth-order valence-electron chi connectivity index (χ4n) is 1.31. The Bertz CT molecular complexity index is 179. The molecule has 0 radical (unpaired) electrons. The predicted molar refractivity (Wildman–Crippen MR) is 53.1 cm³/mol. The maximum atomic E-state index is 11.9. The van der Waals surface area contributed by atoms with Gasteiger partial charge in [0, 0.05) is 0 Å². The van der Waals surface area contributed by atoms with Crippen molar-refractivity contribution >= 4 is 7.60 Å². The Morgan fingerprint density at radius 1 is 1.23 bits per heavy atom. The van der Waals surface area contributed by atoms with Crippen molar-refractivity contribution in [3.05, 3.63) is 0 Å². The Kier molecular flexibility index (Phi) is 4.43. The highest BCUT2D eigenvalue weighted by Gasteiger charge is 2.28. The van der Waals surface area contributed by atoms with Crippen LogP contribution in [0.3, 0.4) is 0 Å². The summed E-state index contributed by atoms with van der Waals surface area (Å²) in [6.45, 7) is 4.65. The van der Waals surface area contributed by atoms with E-state index >= 15 is 0 Å². The Labute approximate surface area is 80.3 Å². The van der Waals surface area contributed by atoms with Crippen molar-refractivity contribution < 1.29 is 13.6 Å². The SMILES string of the molecule is CCOP(=O)(CCC1CC1)OCC. The molecule has 0 atom stereocenters. The third-order valence-electron chi connectivity index (χ3n) is 2.16. The lowest BCUT2D eigenvalue weighted by Crippen LogP contribution is -2.00. The molecule has 13 heavy (non-hydrogen) atoms. The quantitative estimate of drug-likeness (QED) is 0.600. The van der Waals surface area contributed by atoms with Crippen molar-refractivity contribution in [3.8, 4) is 0 Å². The molecule has 4 heteroatoms. The second-order valence-corrected chi connectivity index (χ2v) is 5.59. The predicted octanol–water partition coefficient (Wildman–Crippen LogP) is 3.05. The van der Waals surface area contributed by atoms with Crippen LogP contribution in [0.15, 0.2) is 0 Å². The topological polar surface area (TPSA) is 35.5 Å². The molecule has 1 rings (SSSR count). The maximum Gasteiger partial charge on any atom is 0.330 e. The summed E-state index contributed by atoms with van der Waals surface area (Å²) in [5, 5.41) is 0. The molecular weight excluding hydrogens is 187 g/mol. The Hall–Kier alpha value is 0.150. The molecule has 0 spiro atoms. The van der Waals surface area contributed by atoms with E-state index in [1.165, 1.54) is 12.8 Å². The summed E-state index contributed by atoms with van der Waals surface area (Å²) in [4.78, 5) is 0. The minimum atomic E-state index is -2.73. The van der Waals surface area contributed by atoms with Crippen LogP contribution in [-0.4, -0.2) is 19.4 Å². The lowest BCUT2D eigenvalue weighted by atomic mass is 10.3. The Morgan fingerprint density at radius 3 is 2.15 bits per heavy atom. The highest BCUT2D eigenvalue weighted by atomic mass is 31.2. The summed E-state index contributed by atoms with van der Waals surface area (Å²) in [5.41, 5.74) is 0. The van der Waals surface area contributed by atoms with Crippen LogP contribution in [0.5, 0.6) is 0 Å². The average molecular weight is 206 g/mol. The molecule has 1 aliphatic rings. The monoisotopic (exact) mass is 206 g/mol. The molecule has 0 amide bonds. The van der Waals surface area contributed by atoms with Crippen molar-refractivity contribution in [1.82, 2.24) is 0 Å². The van der Waals surface area contributed by atoms with E-state index in [-0.39, 0.29) is 0 Å². The fraction of sp³-hybridized carbons (Fsp3) is 1.00. The zero-order chi connectivity index (χ0) is 9.73. The van der Waals surface area contributed by atoms with Gasteiger partial charge in [-0.3, -0.25) is 4.57 Å². The van der Waals surface area contributed by atoms with Gasteiger partial charge in [0.2, 0.25) is 0 Å². The van der Waals surface area contributed by atoms with E-state index in [4.69, 9.17) is 9.05 Å². The molecule has 0 aliphatic heterocycles. The number of hydrogen-bond donors (Lipinski definition) is 0. The van der Waals surface area contributed by atoms with Gasteiger partial charge < -0.3 is 9.05 Å². The number of rotatable bonds is 7. The third-order valence-corrected chi connectivity index (χ3v) is 4.27. The van der Waals surface area contributed by atoms with Crippen molar-refractivity contribution in [1.29, 1.82) is 0 Å². The highest BCUT2D eigenvalue weighted by Crippen LogP contribution is 2.50. The first-order chi connectivity index (χ1) is 6.20. The van der Waals surface area contributed by atoms with E-state index in [1.54, 1.807) is 0 Å². The summed E-state index contributed by atoms with van der Waals surface area (Å²) in [6.07, 6.45) is 4.17. The molecule has 1 fully saturated rings. The van der Waals surface area contributed by atoms with Gasteiger partial charge in [0.1, 0.15) is 0 Å². The van der Waals surface area contributed by atoms with Crippen LogP contribution >= 0.6 is 7.60 Å². The van der Waals surface area contributed by atoms with Gasteiger partial charge in [-0.05, 0) is 26.2 Å². The lowest BCUT2D eigenvalue weighted by Gasteiger charge is -2.16. The van der Waals surface area contributed by atoms with Crippen molar-refractivity contribution in [2.45, 2.75) is 33.1 Å². The second-order valence-electron chi connectivity index (χ2n) is 3.40. The van der Waals surface area contributed by atoms with Crippen LogP contribution in [0.2, 0.25) is 0 Å². The van der Waals surface area contributed by atoms with Gasteiger partial charge in [-0.2, -0.15) is 0 Å². The molecule has 0 aromatic carbocycles. The van der Waals surface area contributed by atoms with E-state index in [1.807, 2.05) is 13.8 Å². The molecule has 78 valence electrons. The van der Waals surface area contributed by atoms with Gasteiger partial charge in [0.25, 0.3) is 0 Å². The van der Waals surface area contributed by atoms with E-state index in [2.05, 4.69) is 0 Å². The smallest absolute Gasteiger partial charge is 0.309 e. The lowest BCUT2D eigenvalue weighted by molar-refractivity contribution is 0.219. The second kappa shape index (κ2) is 5.14. The summed E-state index contributed by atoms with van der Waals surface area (Å²) in [7, 11) is -2.73. The summed E-state index contributed by atoms with van der Waals surface area (Å²) >= 11 is 0. The molecule has 3 nitrogen and oxygen atoms in total. The number of hydrogen-bond acceptors (Lipinski definition) is 3. The zero-order valence-electron chi connectivity index (χ0n) is 8.49. The summed E-state index contributed by atoms with van der Waals surface area (Å²) in [6, 6.07) is 0. The van der Waals surface area contributed by atoms with E-state index in [0.717, 1.165) is 12.3 Å². The first-order valence-electron chi connectivity index (χ1n) is 5.08. The van der Waals surface area contributed by atoms with Gasteiger partial charge in [0.15, 0.2) is 0 Å². The molecule has 1 saturated carbocycles. The van der Waals surface area contributed by atoms with E-state index in [9.17, 15) is 4.57 Å². The van der Waals surface area contributed by atoms with E-state index in [0.29, 0.717) is 19.4 Å².